The van der Waals surface area contributed by atoms with Gasteiger partial charge in [-0.2, -0.15) is 5.10 Å². The van der Waals surface area contributed by atoms with Gasteiger partial charge in [0.15, 0.2) is 0 Å². The lowest BCUT2D eigenvalue weighted by atomic mass is 10.2. The lowest BCUT2D eigenvalue weighted by molar-refractivity contribution is 0.281. The van der Waals surface area contributed by atoms with Gasteiger partial charge in [0.25, 0.3) is 0 Å². The highest BCUT2D eigenvalue weighted by molar-refractivity contribution is 6.30. The standard InChI is InChI=1S/C11H11ClN2O/c12-11-3-1-2-9(4-11)6-14-7-10(8-15)5-13-14/h1-5,7,15H,6,8H2. The number of aliphatic hydroxyl groups is 1. The van der Waals surface area contributed by atoms with Gasteiger partial charge < -0.3 is 5.11 Å². The molecule has 0 aliphatic heterocycles. The molecular formula is C11H11ClN2O. The Bertz CT molecular complexity index is 453. The molecule has 0 fully saturated rings. The third-order valence-electron chi connectivity index (χ3n) is 2.10. The molecule has 0 spiro atoms. The van der Waals surface area contributed by atoms with Crippen LogP contribution >= 0.6 is 11.6 Å². The Morgan fingerprint density at radius 3 is 2.87 bits per heavy atom. The highest BCUT2D eigenvalue weighted by Crippen LogP contribution is 2.11. The molecule has 2 aromatic rings. The molecule has 1 aromatic heterocycles. The summed E-state index contributed by atoms with van der Waals surface area (Å²) in [6.45, 7) is 0.691. The minimum atomic E-state index is 0.0234. The second-order valence-electron chi connectivity index (χ2n) is 3.33. The minimum Gasteiger partial charge on any atom is -0.392 e. The van der Waals surface area contributed by atoms with Gasteiger partial charge in [-0.05, 0) is 17.7 Å². The summed E-state index contributed by atoms with van der Waals surface area (Å²) in [5.74, 6) is 0. The van der Waals surface area contributed by atoms with E-state index in [1.807, 2.05) is 30.5 Å². The lowest BCUT2D eigenvalue weighted by Gasteiger charge is -2.01. The van der Waals surface area contributed by atoms with E-state index in [-0.39, 0.29) is 6.61 Å². The topological polar surface area (TPSA) is 38.1 Å². The van der Waals surface area contributed by atoms with Crippen molar-refractivity contribution < 1.29 is 5.11 Å². The Balaban J connectivity index is 2.14. The monoisotopic (exact) mass is 222 g/mol. The number of hydrogen-bond donors (Lipinski definition) is 1. The van der Waals surface area contributed by atoms with Crippen LogP contribution in [-0.4, -0.2) is 14.9 Å². The van der Waals surface area contributed by atoms with Crippen molar-refractivity contribution in [2.24, 2.45) is 0 Å². The van der Waals surface area contributed by atoms with Gasteiger partial charge in [0.05, 0.1) is 19.3 Å². The third kappa shape index (κ3) is 2.58. The average Bonchev–Trinajstić information content (AvgIpc) is 2.65. The van der Waals surface area contributed by atoms with E-state index in [1.165, 1.54) is 0 Å². The van der Waals surface area contributed by atoms with Gasteiger partial charge in [-0.15, -0.1) is 0 Å². The first-order valence-corrected chi connectivity index (χ1v) is 5.02. The van der Waals surface area contributed by atoms with Gasteiger partial charge in [-0.1, -0.05) is 23.7 Å². The van der Waals surface area contributed by atoms with Crippen LogP contribution in [0.2, 0.25) is 5.02 Å². The van der Waals surface area contributed by atoms with Gasteiger partial charge in [-0.3, -0.25) is 4.68 Å². The number of halogens is 1. The van der Waals surface area contributed by atoms with Crippen LogP contribution in [-0.2, 0) is 13.2 Å². The molecule has 0 bridgehead atoms. The Kier molecular flexibility index (Phi) is 3.04. The summed E-state index contributed by atoms with van der Waals surface area (Å²) in [6, 6.07) is 7.65. The van der Waals surface area contributed by atoms with E-state index in [9.17, 15) is 0 Å². The second kappa shape index (κ2) is 4.47. The number of aliphatic hydroxyl groups excluding tert-OH is 1. The van der Waals surface area contributed by atoms with Crippen molar-refractivity contribution in [3.63, 3.8) is 0 Å². The van der Waals surface area contributed by atoms with Crippen molar-refractivity contribution in [1.82, 2.24) is 9.78 Å². The summed E-state index contributed by atoms with van der Waals surface area (Å²) in [7, 11) is 0. The molecule has 78 valence electrons. The van der Waals surface area contributed by atoms with Crippen molar-refractivity contribution in [2.75, 3.05) is 0 Å². The summed E-state index contributed by atoms with van der Waals surface area (Å²) >= 11 is 5.87. The number of aromatic nitrogens is 2. The van der Waals surface area contributed by atoms with Gasteiger partial charge in [0.1, 0.15) is 0 Å². The van der Waals surface area contributed by atoms with Crippen LogP contribution in [0, 0.1) is 0 Å². The van der Waals surface area contributed by atoms with Crippen molar-refractivity contribution in [1.29, 1.82) is 0 Å². The normalized spacial score (nSPS) is 10.5. The SMILES string of the molecule is OCc1cnn(Cc2cccc(Cl)c2)c1. The number of benzene rings is 1. The molecule has 3 nitrogen and oxygen atoms in total. The molecule has 1 aromatic carbocycles. The summed E-state index contributed by atoms with van der Waals surface area (Å²) in [4.78, 5) is 0. The van der Waals surface area contributed by atoms with Gasteiger partial charge >= 0.3 is 0 Å². The second-order valence-corrected chi connectivity index (χ2v) is 3.77. The highest BCUT2D eigenvalue weighted by atomic mass is 35.5. The summed E-state index contributed by atoms with van der Waals surface area (Å²) in [5.41, 5.74) is 1.91. The maximum absolute atomic E-state index is 8.89. The zero-order valence-electron chi connectivity index (χ0n) is 8.10. The van der Waals surface area contributed by atoms with Gasteiger partial charge in [0, 0.05) is 16.8 Å². The Morgan fingerprint density at radius 2 is 2.20 bits per heavy atom. The van der Waals surface area contributed by atoms with E-state index >= 15 is 0 Å². The molecule has 0 unspecified atom stereocenters. The molecule has 4 heteroatoms. The fraction of sp³-hybridized carbons (Fsp3) is 0.182. The van der Waals surface area contributed by atoms with Crippen molar-refractivity contribution in [3.8, 4) is 0 Å². The molecule has 0 saturated carbocycles. The molecule has 2 rings (SSSR count). The summed E-state index contributed by atoms with van der Waals surface area (Å²) < 4.78 is 1.78. The van der Waals surface area contributed by atoms with E-state index < -0.39 is 0 Å². The predicted molar refractivity (Wildman–Crippen MR) is 58.7 cm³/mol. The number of rotatable bonds is 3. The minimum absolute atomic E-state index is 0.0234. The Hall–Kier alpha value is -1.32. The molecule has 0 aliphatic carbocycles. The van der Waals surface area contributed by atoms with E-state index in [1.54, 1.807) is 10.9 Å². The molecule has 0 atom stereocenters. The van der Waals surface area contributed by atoms with E-state index in [4.69, 9.17) is 16.7 Å². The molecule has 0 saturated heterocycles. The quantitative estimate of drug-likeness (QED) is 0.864. The average molecular weight is 223 g/mol. The first kappa shape index (κ1) is 10.2. The van der Waals surface area contributed by atoms with Crippen molar-refractivity contribution >= 4 is 11.6 Å². The highest BCUT2D eigenvalue weighted by Gasteiger charge is 1.99. The molecule has 0 amide bonds. The van der Waals surface area contributed by atoms with E-state index in [0.29, 0.717) is 6.54 Å². The Labute approximate surface area is 92.9 Å². The maximum atomic E-state index is 8.89. The van der Waals surface area contributed by atoms with Crippen LogP contribution in [0.15, 0.2) is 36.7 Å². The molecule has 0 radical (unpaired) electrons. The molecular weight excluding hydrogens is 212 g/mol. The van der Waals surface area contributed by atoms with Crippen LogP contribution in [0.1, 0.15) is 11.1 Å². The molecule has 0 aliphatic rings. The van der Waals surface area contributed by atoms with E-state index in [0.717, 1.165) is 16.1 Å². The third-order valence-corrected chi connectivity index (χ3v) is 2.34. The zero-order chi connectivity index (χ0) is 10.7. The fourth-order valence-corrected chi connectivity index (χ4v) is 1.61. The smallest absolute Gasteiger partial charge is 0.0712 e. The summed E-state index contributed by atoms with van der Waals surface area (Å²) in [6.07, 6.45) is 3.48. The molecule has 1 N–H and O–H groups in total. The Morgan fingerprint density at radius 1 is 1.33 bits per heavy atom. The van der Waals surface area contributed by atoms with Crippen LogP contribution in [0.25, 0.3) is 0 Å². The van der Waals surface area contributed by atoms with Gasteiger partial charge in [0.2, 0.25) is 0 Å². The maximum Gasteiger partial charge on any atom is 0.0712 e. The fourth-order valence-electron chi connectivity index (χ4n) is 1.40. The van der Waals surface area contributed by atoms with Crippen LogP contribution in [0.3, 0.4) is 0 Å². The number of hydrogen-bond acceptors (Lipinski definition) is 2. The number of nitrogens with zero attached hydrogens (tertiary/aromatic N) is 2. The van der Waals surface area contributed by atoms with Crippen LogP contribution in [0.4, 0.5) is 0 Å². The first-order chi connectivity index (χ1) is 7.28. The molecule has 15 heavy (non-hydrogen) atoms. The summed E-state index contributed by atoms with van der Waals surface area (Å²) in [5, 5.41) is 13.7. The largest absolute Gasteiger partial charge is 0.392 e. The predicted octanol–water partition coefficient (Wildman–Crippen LogP) is 2.08. The molecule has 1 heterocycles. The van der Waals surface area contributed by atoms with E-state index in [2.05, 4.69) is 5.10 Å². The van der Waals surface area contributed by atoms with Gasteiger partial charge in [-0.25, -0.2) is 0 Å². The van der Waals surface area contributed by atoms with Crippen molar-refractivity contribution in [3.05, 3.63) is 52.8 Å². The first-order valence-electron chi connectivity index (χ1n) is 4.64. The van der Waals surface area contributed by atoms with Crippen molar-refractivity contribution in [2.45, 2.75) is 13.2 Å². The lowest BCUT2D eigenvalue weighted by Crippen LogP contribution is -1.99. The van der Waals surface area contributed by atoms with Crippen LogP contribution < -0.4 is 0 Å². The van der Waals surface area contributed by atoms with Crippen LogP contribution in [0.5, 0.6) is 0 Å². The zero-order valence-corrected chi connectivity index (χ0v) is 8.85.